The fraction of sp³-hybridized carbons (Fsp3) is 0.529. The highest BCUT2D eigenvalue weighted by Gasteiger charge is 2.37. The Kier molecular flexibility index (Phi) is 3.47. The molecule has 0 unspecified atom stereocenters. The van der Waals surface area contributed by atoms with Crippen LogP contribution in [0.2, 0.25) is 0 Å². The van der Waals surface area contributed by atoms with E-state index in [4.69, 9.17) is 4.74 Å². The summed E-state index contributed by atoms with van der Waals surface area (Å²) in [7, 11) is 2.19. The highest BCUT2D eigenvalue weighted by Crippen LogP contribution is 2.31. The van der Waals surface area contributed by atoms with E-state index in [2.05, 4.69) is 51.9 Å². The number of anilines is 1. The third-order valence-electron chi connectivity index (χ3n) is 4.91. The quantitative estimate of drug-likeness (QED) is 0.803. The van der Waals surface area contributed by atoms with Gasteiger partial charge in [-0.1, -0.05) is 12.1 Å². The standard InChI is InChI=1S/C17H22N4O/c1-12-4-3-5-13-16(12)18-11-19-17(13)21-8-9-22-15-6-7-20(2)10-14(15)21/h3-5,11,14-15H,6-10H2,1-2H3/t14-,15+/m1/s1. The van der Waals surface area contributed by atoms with Crippen LogP contribution in [-0.2, 0) is 4.74 Å². The van der Waals surface area contributed by atoms with E-state index in [9.17, 15) is 0 Å². The van der Waals surface area contributed by atoms with Crippen LogP contribution in [0, 0.1) is 6.92 Å². The lowest BCUT2D eigenvalue weighted by molar-refractivity contribution is -0.0244. The number of rotatable bonds is 1. The van der Waals surface area contributed by atoms with Gasteiger partial charge in [-0.25, -0.2) is 9.97 Å². The number of para-hydroxylation sites is 1. The van der Waals surface area contributed by atoms with Crippen molar-refractivity contribution in [2.75, 3.05) is 38.2 Å². The second-order valence-electron chi connectivity index (χ2n) is 6.39. The molecule has 0 saturated carbocycles. The summed E-state index contributed by atoms with van der Waals surface area (Å²) in [6.45, 7) is 5.92. The topological polar surface area (TPSA) is 41.5 Å². The van der Waals surface area contributed by atoms with E-state index in [-0.39, 0.29) is 0 Å². The first-order valence-electron chi connectivity index (χ1n) is 8.01. The van der Waals surface area contributed by atoms with Gasteiger partial charge in [-0.3, -0.25) is 0 Å². The van der Waals surface area contributed by atoms with Crippen molar-refractivity contribution in [3.63, 3.8) is 0 Å². The van der Waals surface area contributed by atoms with Crippen molar-refractivity contribution in [3.05, 3.63) is 30.1 Å². The molecule has 0 aliphatic carbocycles. The van der Waals surface area contributed by atoms with Gasteiger partial charge in [-0.2, -0.15) is 0 Å². The maximum Gasteiger partial charge on any atom is 0.140 e. The average molecular weight is 298 g/mol. The molecule has 4 rings (SSSR count). The molecule has 2 atom stereocenters. The van der Waals surface area contributed by atoms with E-state index in [1.54, 1.807) is 6.33 Å². The number of morpholine rings is 1. The highest BCUT2D eigenvalue weighted by atomic mass is 16.5. The van der Waals surface area contributed by atoms with Crippen LogP contribution in [0.3, 0.4) is 0 Å². The number of aromatic nitrogens is 2. The fourth-order valence-corrected chi connectivity index (χ4v) is 3.74. The Balaban J connectivity index is 1.78. The van der Waals surface area contributed by atoms with Crippen LogP contribution in [0.1, 0.15) is 12.0 Å². The van der Waals surface area contributed by atoms with Crippen LogP contribution in [0.15, 0.2) is 24.5 Å². The largest absolute Gasteiger partial charge is 0.374 e. The minimum Gasteiger partial charge on any atom is -0.374 e. The number of likely N-dealkylation sites (N-methyl/N-ethyl adjacent to an activating group) is 1. The number of benzene rings is 1. The monoisotopic (exact) mass is 298 g/mol. The van der Waals surface area contributed by atoms with Gasteiger partial charge < -0.3 is 14.5 Å². The number of aryl methyl sites for hydroxylation is 1. The minimum atomic E-state index is 0.319. The van der Waals surface area contributed by atoms with Crippen molar-refractivity contribution in [2.24, 2.45) is 0 Å². The zero-order valence-electron chi connectivity index (χ0n) is 13.2. The van der Waals surface area contributed by atoms with Gasteiger partial charge in [0.2, 0.25) is 0 Å². The Labute approximate surface area is 130 Å². The second kappa shape index (κ2) is 5.48. The number of likely N-dealkylation sites (tertiary alicyclic amines) is 1. The number of nitrogens with zero attached hydrogens (tertiary/aromatic N) is 4. The summed E-state index contributed by atoms with van der Waals surface area (Å²) in [6.07, 6.45) is 3.11. The molecule has 2 saturated heterocycles. The van der Waals surface area contributed by atoms with E-state index in [1.807, 2.05) is 0 Å². The number of piperidine rings is 1. The van der Waals surface area contributed by atoms with E-state index < -0.39 is 0 Å². The molecule has 0 spiro atoms. The van der Waals surface area contributed by atoms with Crippen LogP contribution < -0.4 is 4.90 Å². The number of hydrogen-bond donors (Lipinski definition) is 0. The molecule has 0 radical (unpaired) electrons. The molecule has 1 aromatic carbocycles. The summed E-state index contributed by atoms with van der Waals surface area (Å²) in [6, 6.07) is 6.71. The molecule has 0 bridgehead atoms. The van der Waals surface area contributed by atoms with Gasteiger partial charge >= 0.3 is 0 Å². The van der Waals surface area contributed by atoms with Gasteiger partial charge in [0.05, 0.1) is 24.3 Å². The Morgan fingerprint density at radius 1 is 1.23 bits per heavy atom. The SMILES string of the molecule is Cc1cccc2c(N3CCO[C@H]4CCN(C)C[C@H]43)ncnc12. The van der Waals surface area contributed by atoms with Crippen molar-refractivity contribution in [2.45, 2.75) is 25.5 Å². The molecule has 5 heteroatoms. The lowest BCUT2D eigenvalue weighted by atomic mass is 9.98. The molecular weight excluding hydrogens is 276 g/mol. The summed E-state index contributed by atoms with van der Waals surface area (Å²) in [5.41, 5.74) is 2.26. The predicted molar refractivity (Wildman–Crippen MR) is 87.3 cm³/mol. The molecule has 2 aliphatic heterocycles. The predicted octanol–water partition coefficient (Wildman–Crippen LogP) is 1.85. The van der Waals surface area contributed by atoms with Crippen molar-refractivity contribution in [3.8, 4) is 0 Å². The van der Waals surface area contributed by atoms with Gasteiger partial charge in [0.25, 0.3) is 0 Å². The maximum atomic E-state index is 6.01. The average Bonchev–Trinajstić information content (AvgIpc) is 2.54. The Bertz CT molecular complexity index is 689. The van der Waals surface area contributed by atoms with Crippen LogP contribution in [-0.4, -0.2) is 60.3 Å². The first-order chi connectivity index (χ1) is 10.7. The summed E-state index contributed by atoms with van der Waals surface area (Å²) < 4.78 is 6.01. The summed E-state index contributed by atoms with van der Waals surface area (Å²) >= 11 is 0. The molecule has 22 heavy (non-hydrogen) atoms. The van der Waals surface area contributed by atoms with Crippen LogP contribution in [0.25, 0.3) is 10.9 Å². The fourth-order valence-electron chi connectivity index (χ4n) is 3.74. The molecule has 1 aromatic heterocycles. The Hall–Kier alpha value is -1.72. The van der Waals surface area contributed by atoms with E-state index in [0.717, 1.165) is 49.4 Å². The van der Waals surface area contributed by atoms with Crippen molar-refractivity contribution >= 4 is 16.7 Å². The normalized spacial score (nSPS) is 26.2. The van der Waals surface area contributed by atoms with Gasteiger partial charge in [-0.15, -0.1) is 0 Å². The lowest BCUT2D eigenvalue weighted by Crippen LogP contribution is -2.59. The van der Waals surface area contributed by atoms with E-state index in [1.165, 1.54) is 5.56 Å². The third kappa shape index (κ3) is 2.25. The van der Waals surface area contributed by atoms with Crippen LogP contribution in [0.5, 0.6) is 0 Å². The van der Waals surface area contributed by atoms with Crippen LogP contribution >= 0.6 is 0 Å². The highest BCUT2D eigenvalue weighted by molar-refractivity contribution is 5.91. The molecule has 116 valence electrons. The second-order valence-corrected chi connectivity index (χ2v) is 6.39. The van der Waals surface area contributed by atoms with Gasteiger partial charge in [0, 0.05) is 25.0 Å². The number of ether oxygens (including phenoxy) is 1. The third-order valence-corrected chi connectivity index (χ3v) is 4.91. The molecule has 3 heterocycles. The van der Waals surface area contributed by atoms with Crippen LogP contribution in [0.4, 0.5) is 5.82 Å². The minimum absolute atomic E-state index is 0.319. The lowest BCUT2D eigenvalue weighted by Gasteiger charge is -2.47. The first kappa shape index (κ1) is 13.9. The van der Waals surface area contributed by atoms with Gasteiger partial charge in [0.15, 0.2) is 0 Å². The smallest absolute Gasteiger partial charge is 0.140 e. The number of hydrogen-bond acceptors (Lipinski definition) is 5. The Morgan fingerprint density at radius 2 is 2.14 bits per heavy atom. The van der Waals surface area contributed by atoms with Crippen molar-refractivity contribution in [1.82, 2.24) is 14.9 Å². The summed E-state index contributed by atoms with van der Waals surface area (Å²) in [5, 5.41) is 1.15. The van der Waals surface area contributed by atoms with Crippen molar-refractivity contribution < 1.29 is 4.74 Å². The molecule has 2 aliphatic rings. The zero-order valence-corrected chi connectivity index (χ0v) is 13.2. The molecule has 2 aromatic rings. The molecular formula is C17H22N4O. The summed E-state index contributed by atoms with van der Waals surface area (Å²) in [4.78, 5) is 13.9. The maximum absolute atomic E-state index is 6.01. The van der Waals surface area contributed by atoms with Crippen molar-refractivity contribution in [1.29, 1.82) is 0 Å². The molecule has 0 amide bonds. The van der Waals surface area contributed by atoms with Gasteiger partial charge in [-0.05, 0) is 32.0 Å². The molecule has 0 N–H and O–H groups in total. The van der Waals surface area contributed by atoms with E-state index >= 15 is 0 Å². The first-order valence-corrected chi connectivity index (χ1v) is 8.01. The zero-order chi connectivity index (χ0) is 15.1. The Morgan fingerprint density at radius 3 is 3.05 bits per heavy atom. The molecule has 5 nitrogen and oxygen atoms in total. The van der Waals surface area contributed by atoms with E-state index in [0.29, 0.717) is 12.1 Å². The molecule has 2 fully saturated rings. The van der Waals surface area contributed by atoms with Gasteiger partial charge in [0.1, 0.15) is 12.1 Å². The number of fused-ring (bicyclic) bond motifs is 2. The summed E-state index contributed by atoms with van der Waals surface area (Å²) in [5.74, 6) is 1.06.